The van der Waals surface area contributed by atoms with Gasteiger partial charge in [0.25, 0.3) is 0 Å². The third-order valence-corrected chi connectivity index (χ3v) is 3.33. The molecular weight excluding hydrogens is 240 g/mol. The molecule has 5 heteroatoms. The zero-order valence-electron chi connectivity index (χ0n) is 10.8. The van der Waals surface area contributed by atoms with Gasteiger partial charge in [-0.2, -0.15) is 5.10 Å². The molecule has 0 radical (unpaired) electrons. The van der Waals surface area contributed by atoms with Crippen molar-refractivity contribution in [3.8, 4) is 0 Å². The number of rotatable bonds is 6. The van der Waals surface area contributed by atoms with Gasteiger partial charge in [0.15, 0.2) is 0 Å². The summed E-state index contributed by atoms with van der Waals surface area (Å²) < 4.78 is 6.96. The number of carbonyl (C=O) groups excluding carboxylic acids is 1. The minimum atomic E-state index is -0.838. The van der Waals surface area contributed by atoms with Crippen molar-refractivity contribution in [1.29, 1.82) is 0 Å². The second-order valence-corrected chi connectivity index (χ2v) is 4.59. The second kappa shape index (κ2) is 5.65. The van der Waals surface area contributed by atoms with E-state index in [-0.39, 0.29) is 5.78 Å². The first kappa shape index (κ1) is 14.2. The van der Waals surface area contributed by atoms with Crippen LogP contribution in [0.1, 0.15) is 44.1 Å². The van der Waals surface area contributed by atoms with E-state index in [9.17, 15) is 4.79 Å². The number of ketones is 1. The number of aromatic nitrogens is 2. The van der Waals surface area contributed by atoms with Crippen LogP contribution in [-0.2, 0) is 11.3 Å². The summed E-state index contributed by atoms with van der Waals surface area (Å²) in [5.74, 6) is -0.113. The summed E-state index contributed by atoms with van der Waals surface area (Å²) in [6.45, 7) is 6.39. The highest BCUT2D eigenvalue weighted by Gasteiger charge is 2.35. The molecule has 1 rings (SSSR count). The molecule has 1 unspecified atom stereocenters. The van der Waals surface area contributed by atoms with E-state index in [4.69, 9.17) is 16.3 Å². The Kier molecular flexibility index (Phi) is 4.71. The minimum Gasteiger partial charge on any atom is -0.370 e. The average Bonchev–Trinajstić information content (AvgIpc) is 2.69. The molecule has 0 bridgehead atoms. The van der Waals surface area contributed by atoms with Gasteiger partial charge in [0.2, 0.25) is 5.78 Å². The highest BCUT2D eigenvalue weighted by atomic mass is 35.5. The van der Waals surface area contributed by atoms with Gasteiger partial charge in [-0.15, -0.1) is 0 Å². The maximum atomic E-state index is 12.4. The maximum absolute atomic E-state index is 12.4. The molecule has 0 amide bonds. The number of halogens is 1. The van der Waals surface area contributed by atoms with Crippen molar-refractivity contribution in [2.45, 2.75) is 45.8 Å². The zero-order chi connectivity index (χ0) is 13.1. The van der Waals surface area contributed by atoms with E-state index in [1.165, 1.54) is 13.3 Å². The summed E-state index contributed by atoms with van der Waals surface area (Å²) in [5.41, 5.74) is -0.394. The lowest BCUT2D eigenvalue weighted by molar-refractivity contribution is 0.00970. The predicted octanol–water partition coefficient (Wildman–Crippen LogP) is 2.94. The van der Waals surface area contributed by atoms with Crippen molar-refractivity contribution < 1.29 is 9.53 Å². The molecule has 0 saturated carbocycles. The quantitative estimate of drug-likeness (QED) is 0.737. The lowest BCUT2D eigenvalue weighted by Gasteiger charge is -2.25. The van der Waals surface area contributed by atoms with Gasteiger partial charge in [-0.1, -0.05) is 25.4 Å². The fourth-order valence-corrected chi connectivity index (χ4v) is 1.84. The Morgan fingerprint density at radius 1 is 1.59 bits per heavy atom. The van der Waals surface area contributed by atoms with Gasteiger partial charge in [-0.05, 0) is 19.8 Å². The van der Waals surface area contributed by atoms with Crippen LogP contribution in [0, 0.1) is 0 Å². The summed E-state index contributed by atoms with van der Waals surface area (Å²) >= 11 is 6.04. The Morgan fingerprint density at radius 3 is 2.71 bits per heavy atom. The number of hydrogen-bond donors (Lipinski definition) is 0. The first-order valence-corrected chi connectivity index (χ1v) is 6.19. The molecule has 1 aromatic rings. The molecule has 0 aliphatic carbocycles. The Balaban J connectivity index is 3.15. The van der Waals surface area contributed by atoms with Crippen molar-refractivity contribution in [3.63, 3.8) is 0 Å². The van der Waals surface area contributed by atoms with E-state index in [2.05, 4.69) is 5.10 Å². The molecule has 1 heterocycles. The van der Waals surface area contributed by atoms with E-state index < -0.39 is 5.60 Å². The van der Waals surface area contributed by atoms with Gasteiger partial charge >= 0.3 is 0 Å². The monoisotopic (exact) mass is 258 g/mol. The normalized spacial score (nSPS) is 14.6. The summed E-state index contributed by atoms with van der Waals surface area (Å²) in [4.78, 5) is 12.4. The number of nitrogens with zero attached hydrogens (tertiary/aromatic N) is 2. The van der Waals surface area contributed by atoms with Crippen molar-refractivity contribution >= 4 is 17.4 Å². The van der Waals surface area contributed by atoms with Gasteiger partial charge in [0.1, 0.15) is 11.3 Å². The molecule has 0 aliphatic rings. The first-order valence-electron chi connectivity index (χ1n) is 5.81. The number of ether oxygens (including phenoxy) is 1. The summed E-state index contributed by atoms with van der Waals surface area (Å²) in [6.07, 6.45) is 3.00. The maximum Gasteiger partial charge on any atom is 0.213 e. The molecule has 1 atom stereocenters. The number of aryl methyl sites for hydroxylation is 1. The van der Waals surface area contributed by atoms with Crippen molar-refractivity contribution in [3.05, 3.63) is 16.9 Å². The summed E-state index contributed by atoms with van der Waals surface area (Å²) in [5, 5.41) is 4.51. The van der Waals surface area contributed by atoms with Gasteiger partial charge in [-0.25, -0.2) is 0 Å². The van der Waals surface area contributed by atoms with Crippen LogP contribution in [0.25, 0.3) is 0 Å². The molecule has 0 aliphatic heterocycles. The number of methoxy groups -OCH3 is 1. The number of Topliss-reactive ketones (excluding diaryl/α,β-unsaturated/α-hetero) is 1. The fourth-order valence-electron chi connectivity index (χ4n) is 1.62. The third kappa shape index (κ3) is 2.69. The first-order chi connectivity index (χ1) is 8.00. The van der Waals surface area contributed by atoms with Crippen LogP contribution in [0.5, 0.6) is 0 Å². The molecular formula is C12H19ClN2O2. The van der Waals surface area contributed by atoms with Crippen LogP contribution < -0.4 is 0 Å². The lowest BCUT2D eigenvalue weighted by atomic mass is 9.95. The fraction of sp³-hybridized carbons (Fsp3) is 0.667. The van der Waals surface area contributed by atoms with Crippen molar-refractivity contribution in [2.75, 3.05) is 7.11 Å². The predicted molar refractivity (Wildman–Crippen MR) is 67.6 cm³/mol. The smallest absolute Gasteiger partial charge is 0.213 e. The van der Waals surface area contributed by atoms with Crippen LogP contribution in [0.2, 0.25) is 5.02 Å². The van der Waals surface area contributed by atoms with Crippen LogP contribution in [0.3, 0.4) is 0 Å². The van der Waals surface area contributed by atoms with Crippen LogP contribution >= 0.6 is 11.6 Å². The Labute approximate surface area is 107 Å². The summed E-state index contributed by atoms with van der Waals surface area (Å²) in [7, 11) is 1.54. The van der Waals surface area contributed by atoms with Crippen molar-refractivity contribution in [2.24, 2.45) is 0 Å². The molecule has 1 aromatic heterocycles. The number of carbonyl (C=O) groups is 1. The van der Waals surface area contributed by atoms with E-state index in [0.29, 0.717) is 23.7 Å². The molecule has 0 fully saturated rings. The van der Waals surface area contributed by atoms with Crippen LogP contribution in [0.4, 0.5) is 0 Å². The van der Waals surface area contributed by atoms with E-state index in [1.807, 2.05) is 13.8 Å². The van der Waals surface area contributed by atoms with Gasteiger partial charge in [0, 0.05) is 13.7 Å². The molecule has 0 spiro atoms. The molecule has 0 aromatic carbocycles. The van der Waals surface area contributed by atoms with Gasteiger partial charge in [-0.3, -0.25) is 9.48 Å². The molecule has 0 saturated heterocycles. The Morgan fingerprint density at radius 2 is 2.24 bits per heavy atom. The third-order valence-electron chi connectivity index (χ3n) is 3.05. The minimum absolute atomic E-state index is 0.113. The highest BCUT2D eigenvalue weighted by Crippen LogP contribution is 2.25. The molecule has 17 heavy (non-hydrogen) atoms. The van der Waals surface area contributed by atoms with Gasteiger partial charge < -0.3 is 4.74 Å². The summed E-state index contributed by atoms with van der Waals surface area (Å²) in [6, 6.07) is 0. The molecule has 96 valence electrons. The average molecular weight is 259 g/mol. The standard InChI is InChI=1S/C12H19ClN2O2/c1-5-7-15-10(9(13)8-14-15)11(16)12(3,6-2)17-4/h8H,5-7H2,1-4H3. The van der Waals surface area contributed by atoms with Crippen LogP contribution in [-0.4, -0.2) is 28.3 Å². The Bertz CT molecular complexity index is 397. The van der Waals surface area contributed by atoms with E-state index in [1.54, 1.807) is 11.6 Å². The second-order valence-electron chi connectivity index (χ2n) is 4.18. The largest absolute Gasteiger partial charge is 0.370 e. The molecule has 4 nitrogen and oxygen atoms in total. The Hall–Kier alpha value is -0.870. The topological polar surface area (TPSA) is 44.1 Å². The highest BCUT2D eigenvalue weighted by molar-refractivity contribution is 6.34. The van der Waals surface area contributed by atoms with Crippen molar-refractivity contribution in [1.82, 2.24) is 9.78 Å². The van der Waals surface area contributed by atoms with E-state index >= 15 is 0 Å². The van der Waals surface area contributed by atoms with E-state index in [0.717, 1.165) is 6.42 Å². The van der Waals surface area contributed by atoms with Gasteiger partial charge in [0.05, 0.1) is 11.2 Å². The van der Waals surface area contributed by atoms with Crippen LogP contribution in [0.15, 0.2) is 6.20 Å². The number of hydrogen-bond acceptors (Lipinski definition) is 3. The lowest BCUT2D eigenvalue weighted by Crippen LogP contribution is -2.38. The molecule has 0 N–H and O–H groups in total. The SMILES string of the molecule is CCCn1ncc(Cl)c1C(=O)C(C)(CC)OC. The zero-order valence-corrected chi connectivity index (χ0v) is 11.5.